The van der Waals surface area contributed by atoms with Crippen LogP contribution >= 0.6 is 0 Å². The van der Waals surface area contributed by atoms with E-state index in [-0.39, 0.29) is 11.8 Å². The number of rotatable bonds is 5. The third kappa shape index (κ3) is 3.66. The van der Waals surface area contributed by atoms with Gasteiger partial charge in [0.05, 0.1) is 5.92 Å². The summed E-state index contributed by atoms with van der Waals surface area (Å²) in [6, 6.07) is 14.1. The van der Waals surface area contributed by atoms with E-state index in [2.05, 4.69) is 37.6 Å². The Morgan fingerprint density at radius 3 is 2.96 bits per heavy atom. The molecule has 1 aliphatic rings. The molecule has 3 aromatic rings. The van der Waals surface area contributed by atoms with Crippen molar-refractivity contribution < 1.29 is 4.79 Å². The molecule has 0 bridgehead atoms. The number of hydrogen-bond donors (Lipinski definition) is 1. The SMILES string of the molecule is O=C(NCCc1ccccc1)[C@@H]1CCCN(c2ccc3nncn3n2)C1. The molecule has 4 rings (SSSR count). The zero-order valence-electron chi connectivity index (χ0n) is 14.6. The normalized spacial score (nSPS) is 17.4. The summed E-state index contributed by atoms with van der Waals surface area (Å²) < 4.78 is 1.67. The average Bonchev–Trinajstić information content (AvgIpc) is 3.16. The van der Waals surface area contributed by atoms with Gasteiger partial charge in [0.15, 0.2) is 5.65 Å². The van der Waals surface area contributed by atoms with Gasteiger partial charge in [-0.15, -0.1) is 15.3 Å². The Hall–Kier alpha value is -2.96. The number of hydrogen-bond acceptors (Lipinski definition) is 5. The van der Waals surface area contributed by atoms with Crippen molar-refractivity contribution in [1.29, 1.82) is 0 Å². The number of amides is 1. The summed E-state index contributed by atoms with van der Waals surface area (Å²) in [5.41, 5.74) is 1.96. The maximum absolute atomic E-state index is 12.6. The molecule has 3 heterocycles. The maximum atomic E-state index is 12.6. The van der Waals surface area contributed by atoms with Gasteiger partial charge in [-0.3, -0.25) is 4.79 Å². The van der Waals surface area contributed by atoms with Gasteiger partial charge in [-0.05, 0) is 37.0 Å². The molecule has 1 aromatic carbocycles. The first-order chi connectivity index (χ1) is 12.8. The van der Waals surface area contributed by atoms with Crippen LogP contribution in [0.3, 0.4) is 0 Å². The van der Waals surface area contributed by atoms with Crippen LogP contribution < -0.4 is 10.2 Å². The zero-order valence-corrected chi connectivity index (χ0v) is 14.6. The molecule has 2 aromatic heterocycles. The molecule has 1 N–H and O–H groups in total. The maximum Gasteiger partial charge on any atom is 0.224 e. The van der Waals surface area contributed by atoms with E-state index in [9.17, 15) is 4.79 Å². The standard InChI is InChI=1S/C19H22N6O/c26-19(20-11-10-15-5-2-1-3-6-15)16-7-4-12-24(13-16)18-9-8-17-22-21-14-25(17)23-18/h1-3,5-6,8-9,14,16H,4,7,10-13H2,(H,20,26)/t16-/m1/s1. The number of nitrogens with one attached hydrogen (secondary N) is 1. The Kier molecular flexibility index (Phi) is 4.77. The highest BCUT2D eigenvalue weighted by atomic mass is 16.1. The van der Waals surface area contributed by atoms with Crippen molar-refractivity contribution in [2.45, 2.75) is 19.3 Å². The summed E-state index contributed by atoms with van der Waals surface area (Å²) in [5.74, 6) is 0.994. The Labute approximate surface area is 152 Å². The molecule has 1 fully saturated rings. The number of benzene rings is 1. The lowest BCUT2D eigenvalue weighted by molar-refractivity contribution is -0.125. The first-order valence-corrected chi connectivity index (χ1v) is 9.03. The molecule has 134 valence electrons. The van der Waals surface area contributed by atoms with E-state index in [0.717, 1.165) is 37.3 Å². The number of fused-ring (bicyclic) bond motifs is 1. The van der Waals surface area contributed by atoms with Crippen molar-refractivity contribution in [3.05, 3.63) is 54.4 Å². The lowest BCUT2D eigenvalue weighted by Gasteiger charge is -2.32. The number of aromatic nitrogens is 4. The van der Waals surface area contributed by atoms with Gasteiger partial charge in [-0.25, -0.2) is 0 Å². The second-order valence-corrected chi connectivity index (χ2v) is 6.64. The minimum absolute atomic E-state index is 0.00191. The van der Waals surface area contributed by atoms with Gasteiger partial charge in [-0.2, -0.15) is 4.52 Å². The van der Waals surface area contributed by atoms with Crippen LogP contribution in [0.25, 0.3) is 5.65 Å². The van der Waals surface area contributed by atoms with Gasteiger partial charge in [0, 0.05) is 19.6 Å². The summed E-state index contributed by atoms with van der Waals surface area (Å²) in [6.45, 7) is 2.27. The van der Waals surface area contributed by atoms with Crippen LogP contribution in [0.5, 0.6) is 0 Å². The minimum Gasteiger partial charge on any atom is -0.355 e. The van der Waals surface area contributed by atoms with Crippen molar-refractivity contribution in [2.75, 3.05) is 24.5 Å². The summed E-state index contributed by atoms with van der Waals surface area (Å²) in [5, 5.41) is 15.5. The molecular weight excluding hydrogens is 328 g/mol. The molecule has 1 aliphatic heterocycles. The lowest BCUT2D eigenvalue weighted by Crippen LogP contribution is -2.43. The fourth-order valence-electron chi connectivity index (χ4n) is 3.41. The Bertz CT molecular complexity index is 878. The van der Waals surface area contributed by atoms with E-state index in [1.54, 1.807) is 10.8 Å². The van der Waals surface area contributed by atoms with Crippen molar-refractivity contribution in [3.8, 4) is 0 Å². The largest absolute Gasteiger partial charge is 0.355 e. The van der Waals surface area contributed by atoms with Gasteiger partial charge >= 0.3 is 0 Å². The molecule has 0 unspecified atom stereocenters. The Morgan fingerprint density at radius 2 is 2.08 bits per heavy atom. The predicted molar refractivity (Wildman–Crippen MR) is 98.9 cm³/mol. The lowest BCUT2D eigenvalue weighted by atomic mass is 9.97. The van der Waals surface area contributed by atoms with Crippen molar-refractivity contribution in [2.24, 2.45) is 5.92 Å². The molecular formula is C19H22N6O. The third-order valence-corrected chi connectivity index (χ3v) is 4.82. The zero-order chi connectivity index (χ0) is 17.8. The van der Waals surface area contributed by atoms with Crippen LogP contribution in [0, 0.1) is 5.92 Å². The average molecular weight is 350 g/mol. The molecule has 26 heavy (non-hydrogen) atoms. The topological polar surface area (TPSA) is 75.4 Å². The second kappa shape index (κ2) is 7.51. The molecule has 0 spiro atoms. The number of anilines is 1. The summed E-state index contributed by atoms with van der Waals surface area (Å²) in [4.78, 5) is 14.7. The number of carbonyl (C=O) groups excluding carboxylic acids is 1. The number of carbonyl (C=O) groups is 1. The number of nitrogens with zero attached hydrogens (tertiary/aromatic N) is 5. The molecule has 1 atom stereocenters. The van der Waals surface area contributed by atoms with E-state index in [4.69, 9.17) is 0 Å². The quantitative estimate of drug-likeness (QED) is 0.758. The Balaban J connectivity index is 1.34. The second-order valence-electron chi connectivity index (χ2n) is 6.64. The molecule has 0 saturated carbocycles. The van der Waals surface area contributed by atoms with Crippen molar-refractivity contribution in [3.63, 3.8) is 0 Å². The van der Waals surface area contributed by atoms with Gasteiger partial charge in [-0.1, -0.05) is 30.3 Å². The van der Waals surface area contributed by atoms with Crippen molar-refractivity contribution >= 4 is 17.4 Å². The molecule has 7 nitrogen and oxygen atoms in total. The monoisotopic (exact) mass is 350 g/mol. The smallest absolute Gasteiger partial charge is 0.224 e. The fraction of sp³-hybridized carbons (Fsp3) is 0.368. The van der Waals surface area contributed by atoms with E-state index in [0.29, 0.717) is 13.1 Å². The summed E-state index contributed by atoms with van der Waals surface area (Å²) >= 11 is 0. The highest BCUT2D eigenvalue weighted by Gasteiger charge is 2.26. The highest BCUT2D eigenvalue weighted by molar-refractivity contribution is 5.79. The molecule has 1 amide bonds. The fourth-order valence-corrected chi connectivity index (χ4v) is 3.41. The van der Waals surface area contributed by atoms with E-state index < -0.39 is 0 Å². The van der Waals surface area contributed by atoms with Gasteiger partial charge < -0.3 is 10.2 Å². The third-order valence-electron chi connectivity index (χ3n) is 4.82. The van der Waals surface area contributed by atoms with E-state index in [1.807, 2.05) is 30.3 Å². The van der Waals surface area contributed by atoms with E-state index >= 15 is 0 Å². The van der Waals surface area contributed by atoms with Crippen LogP contribution in [-0.4, -0.2) is 45.4 Å². The van der Waals surface area contributed by atoms with Gasteiger partial charge in [0.25, 0.3) is 0 Å². The molecule has 7 heteroatoms. The van der Waals surface area contributed by atoms with Crippen molar-refractivity contribution in [1.82, 2.24) is 25.1 Å². The number of piperidine rings is 1. The highest BCUT2D eigenvalue weighted by Crippen LogP contribution is 2.21. The van der Waals surface area contributed by atoms with Crippen LogP contribution in [0.2, 0.25) is 0 Å². The molecule has 0 radical (unpaired) electrons. The summed E-state index contributed by atoms with van der Waals surface area (Å²) in [6.07, 6.45) is 4.35. The van der Waals surface area contributed by atoms with Gasteiger partial charge in [0.1, 0.15) is 12.1 Å². The first-order valence-electron chi connectivity index (χ1n) is 9.03. The Morgan fingerprint density at radius 1 is 1.19 bits per heavy atom. The van der Waals surface area contributed by atoms with Crippen LogP contribution in [0.4, 0.5) is 5.82 Å². The molecule has 0 aliphatic carbocycles. The summed E-state index contributed by atoms with van der Waals surface area (Å²) in [7, 11) is 0. The minimum atomic E-state index is -0.00191. The van der Waals surface area contributed by atoms with E-state index in [1.165, 1.54) is 5.56 Å². The van der Waals surface area contributed by atoms with Crippen LogP contribution in [0.15, 0.2) is 48.8 Å². The first kappa shape index (κ1) is 16.5. The van der Waals surface area contributed by atoms with Crippen LogP contribution in [0.1, 0.15) is 18.4 Å². The predicted octanol–water partition coefficient (Wildman–Crippen LogP) is 1.70. The molecule has 1 saturated heterocycles. The van der Waals surface area contributed by atoms with Gasteiger partial charge in [0.2, 0.25) is 5.91 Å². The van der Waals surface area contributed by atoms with Crippen LogP contribution in [-0.2, 0) is 11.2 Å².